The van der Waals surface area contributed by atoms with Gasteiger partial charge in [0.05, 0.1) is 12.7 Å². The highest BCUT2D eigenvalue weighted by Crippen LogP contribution is 2.18. The van der Waals surface area contributed by atoms with Gasteiger partial charge in [-0.2, -0.15) is 0 Å². The molecule has 1 fully saturated rings. The summed E-state index contributed by atoms with van der Waals surface area (Å²) in [6.45, 7) is 1.20. The predicted molar refractivity (Wildman–Crippen MR) is 91.3 cm³/mol. The zero-order chi connectivity index (χ0) is 18.2. The molecule has 25 heavy (non-hydrogen) atoms. The molecule has 2 amide bonds. The zero-order valence-electron chi connectivity index (χ0n) is 14.5. The van der Waals surface area contributed by atoms with E-state index in [4.69, 9.17) is 9.47 Å². The first-order valence-electron chi connectivity index (χ1n) is 8.42. The van der Waals surface area contributed by atoms with Crippen LogP contribution in [0.15, 0.2) is 24.3 Å². The highest BCUT2D eigenvalue weighted by molar-refractivity contribution is 5.98. The average Bonchev–Trinajstić information content (AvgIpc) is 3.12. The summed E-state index contributed by atoms with van der Waals surface area (Å²) in [5.74, 6) is -1.01. The smallest absolute Gasteiger partial charge is 0.326 e. The molecule has 0 spiro atoms. The van der Waals surface area contributed by atoms with E-state index >= 15 is 0 Å². The molecule has 0 unspecified atom stereocenters. The van der Waals surface area contributed by atoms with Crippen LogP contribution in [0, 0.1) is 0 Å². The van der Waals surface area contributed by atoms with Gasteiger partial charge in [-0.3, -0.25) is 14.4 Å². The molecule has 0 aromatic heterocycles. The fraction of sp³-hybridized carbons (Fsp3) is 0.500. The Balaban J connectivity index is 1.77. The summed E-state index contributed by atoms with van der Waals surface area (Å²) in [4.78, 5) is 35.9. The number of rotatable bonds is 7. The van der Waals surface area contributed by atoms with E-state index in [0.717, 1.165) is 25.7 Å². The van der Waals surface area contributed by atoms with Crippen LogP contribution in [-0.2, 0) is 14.3 Å². The molecule has 7 nitrogen and oxygen atoms in total. The Kier molecular flexibility index (Phi) is 6.80. The topological polar surface area (TPSA) is 93.7 Å². The van der Waals surface area contributed by atoms with Crippen molar-refractivity contribution >= 4 is 17.8 Å². The number of carbonyl (C=O) groups excluding carboxylic acids is 3. The van der Waals surface area contributed by atoms with Gasteiger partial charge in [-0.15, -0.1) is 0 Å². The number of hydrogen-bond acceptors (Lipinski definition) is 5. The molecule has 0 bridgehead atoms. The van der Waals surface area contributed by atoms with Crippen LogP contribution in [0.5, 0.6) is 5.75 Å². The maximum Gasteiger partial charge on any atom is 0.326 e. The molecule has 0 heterocycles. The van der Waals surface area contributed by atoms with Gasteiger partial charge in [-0.1, -0.05) is 25.0 Å². The molecule has 7 heteroatoms. The summed E-state index contributed by atoms with van der Waals surface area (Å²) >= 11 is 0. The Hall–Kier alpha value is -2.57. The third-order valence-electron chi connectivity index (χ3n) is 4.12. The number of amides is 2. The normalized spacial score (nSPS) is 15.3. The van der Waals surface area contributed by atoms with E-state index < -0.39 is 18.0 Å². The monoisotopic (exact) mass is 348 g/mol. The Labute approximate surface area is 147 Å². The van der Waals surface area contributed by atoms with Crippen molar-refractivity contribution in [2.45, 2.75) is 44.8 Å². The van der Waals surface area contributed by atoms with Crippen LogP contribution >= 0.6 is 0 Å². The van der Waals surface area contributed by atoms with E-state index in [0.29, 0.717) is 11.3 Å². The maximum absolute atomic E-state index is 12.1. The first-order chi connectivity index (χ1) is 12.0. The highest BCUT2D eigenvalue weighted by Gasteiger charge is 2.23. The number of benzene rings is 1. The number of carbonyl (C=O) groups is 3. The molecule has 1 aromatic rings. The minimum Gasteiger partial charge on any atom is -0.496 e. The molecule has 0 saturated heterocycles. The molecule has 0 aliphatic heterocycles. The Morgan fingerprint density at radius 2 is 1.88 bits per heavy atom. The van der Waals surface area contributed by atoms with E-state index in [1.807, 2.05) is 0 Å². The maximum atomic E-state index is 12.1. The van der Waals surface area contributed by atoms with E-state index in [9.17, 15) is 14.4 Å². The molecule has 1 aliphatic carbocycles. The molecular formula is C18H24N2O5. The summed E-state index contributed by atoms with van der Waals surface area (Å²) in [6, 6.07) is 6.86. The SMILES string of the molecule is COc1ccccc1C(=O)NCC(=O)O[C@@H](C)C(=O)NC1CCCC1. The molecule has 0 radical (unpaired) electrons. The summed E-state index contributed by atoms with van der Waals surface area (Å²) in [5.41, 5.74) is 0.324. The molecule has 2 rings (SSSR count). The number of ether oxygens (including phenoxy) is 2. The van der Waals surface area contributed by atoms with Gasteiger partial charge < -0.3 is 20.1 Å². The standard InChI is InChI=1S/C18H24N2O5/c1-12(17(22)20-13-7-3-4-8-13)25-16(21)11-19-18(23)14-9-5-6-10-15(14)24-2/h5-6,9-10,12-13H,3-4,7-8,11H2,1-2H3,(H,19,23)(H,20,22)/t12-/m0/s1. The highest BCUT2D eigenvalue weighted by atomic mass is 16.5. The third-order valence-corrected chi connectivity index (χ3v) is 4.12. The third kappa shape index (κ3) is 5.48. The minimum absolute atomic E-state index is 0.166. The minimum atomic E-state index is -0.892. The number of para-hydroxylation sites is 1. The van der Waals surface area contributed by atoms with Crippen molar-refractivity contribution in [2.75, 3.05) is 13.7 Å². The number of hydrogen-bond donors (Lipinski definition) is 2. The number of nitrogens with one attached hydrogen (secondary N) is 2. The number of methoxy groups -OCH3 is 1. The van der Waals surface area contributed by atoms with Gasteiger partial charge in [-0.05, 0) is 31.9 Å². The van der Waals surface area contributed by atoms with E-state index in [-0.39, 0.29) is 18.5 Å². The fourth-order valence-corrected chi connectivity index (χ4v) is 2.76. The van der Waals surface area contributed by atoms with Crippen LogP contribution in [0.25, 0.3) is 0 Å². The van der Waals surface area contributed by atoms with Crippen LogP contribution < -0.4 is 15.4 Å². The number of esters is 1. The Bertz CT molecular complexity index is 626. The quantitative estimate of drug-likeness (QED) is 0.727. The molecule has 1 aliphatic rings. The molecule has 1 saturated carbocycles. The predicted octanol–water partition coefficient (Wildman–Crippen LogP) is 1.42. The van der Waals surface area contributed by atoms with E-state index in [2.05, 4.69) is 10.6 Å². The fourth-order valence-electron chi connectivity index (χ4n) is 2.76. The molecular weight excluding hydrogens is 324 g/mol. The van der Waals surface area contributed by atoms with Gasteiger partial charge >= 0.3 is 5.97 Å². The molecule has 1 aromatic carbocycles. The van der Waals surface area contributed by atoms with Crippen LogP contribution in [-0.4, -0.2) is 43.6 Å². The van der Waals surface area contributed by atoms with Crippen LogP contribution in [0.3, 0.4) is 0 Å². The first kappa shape index (κ1) is 18.8. The average molecular weight is 348 g/mol. The van der Waals surface area contributed by atoms with Gasteiger partial charge in [0, 0.05) is 6.04 Å². The van der Waals surface area contributed by atoms with Crippen LogP contribution in [0.2, 0.25) is 0 Å². The summed E-state index contributed by atoms with van der Waals surface area (Å²) < 4.78 is 10.2. The van der Waals surface area contributed by atoms with Gasteiger partial charge in [-0.25, -0.2) is 0 Å². The second-order valence-electron chi connectivity index (χ2n) is 6.01. The van der Waals surface area contributed by atoms with Crippen molar-refractivity contribution in [3.63, 3.8) is 0 Å². The largest absolute Gasteiger partial charge is 0.496 e. The van der Waals surface area contributed by atoms with Crippen LogP contribution in [0.1, 0.15) is 43.0 Å². The Morgan fingerprint density at radius 1 is 1.20 bits per heavy atom. The van der Waals surface area contributed by atoms with Gasteiger partial charge in [0.15, 0.2) is 6.10 Å². The Morgan fingerprint density at radius 3 is 2.56 bits per heavy atom. The van der Waals surface area contributed by atoms with Crippen molar-refractivity contribution in [2.24, 2.45) is 0 Å². The zero-order valence-corrected chi connectivity index (χ0v) is 14.5. The lowest BCUT2D eigenvalue weighted by Gasteiger charge is -2.17. The van der Waals surface area contributed by atoms with Crippen LogP contribution in [0.4, 0.5) is 0 Å². The lowest BCUT2D eigenvalue weighted by molar-refractivity contribution is -0.154. The van der Waals surface area contributed by atoms with Gasteiger partial charge in [0.2, 0.25) is 0 Å². The molecule has 1 atom stereocenters. The van der Waals surface area contributed by atoms with Crippen molar-refractivity contribution in [3.8, 4) is 5.75 Å². The molecule has 136 valence electrons. The lowest BCUT2D eigenvalue weighted by atomic mass is 10.2. The van der Waals surface area contributed by atoms with Gasteiger partial charge in [0.25, 0.3) is 11.8 Å². The van der Waals surface area contributed by atoms with Gasteiger partial charge in [0.1, 0.15) is 12.3 Å². The summed E-state index contributed by atoms with van der Waals surface area (Å²) in [6.07, 6.45) is 3.24. The molecule has 2 N–H and O–H groups in total. The van der Waals surface area contributed by atoms with E-state index in [1.54, 1.807) is 24.3 Å². The first-order valence-corrected chi connectivity index (χ1v) is 8.42. The van der Waals surface area contributed by atoms with Crippen molar-refractivity contribution in [1.82, 2.24) is 10.6 Å². The lowest BCUT2D eigenvalue weighted by Crippen LogP contribution is -2.42. The summed E-state index contributed by atoms with van der Waals surface area (Å²) in [7, 11) is 1.46. The second kappa shape index (κ2) is 9.05. The summed E-state index contributed by atoms with van der Waals surface area (Å²) in [5, 5.41) is 5.34. The van der Waals surface area contributed by atoms with Crippen molar-refractivity contribution in [3.05, 3.63) is 29.8 Å². The van der Waals surface area contributed by atoms with Crippen molar-refractivity contribution in [1.29, 1.82) is 0 Å². The van der Waals surface area contributed by atoms with E-state index in [1.165, 1.54) is 14.0 Å². The second-order valence-corrected chi connectivity index (χ2v) is 6.01. The van der Waals surface area contributed by atoms with Crippen molar-refractivity contribution < 1.29 is 23.9 Å².